The lowest BCUT2D eigenvalue weighted by Crippen LogP contribution is -2.34. The van der Waals surface area contributed by atoms with E-state index in [0.29, 0.717) is 6.10 Å². The topological polar surface area (TPSA) is 48.1 Å². The summed E-state index contributed by atoms with van der Waals surface area (Å²) in [5, 5.41) is 0. The van der Waals surface area contributed by atoms with Crippen LogP contribution in [0.15, 0.2) is 24.5 Å². The van der Waals surface area contributed by atoms with Crippen molar-refractivity contribution in [3.05, 3.63) is 30.1 Å². The number of nitrogens with zero attached hydrogens (tertiary/aromatic N) is 1. The van der Waals surface area contributed by atoms with Gasteiger partial charge >= 0.3 is 0 Å². The Morgan fingerprint density at radius 3 is 2.47 bits per heavy atom. The molecule has 0 amide bonds. The van der Waals surface area contributed by atoms with Crippen LogP contribution >= 0.6 is 0 Å². The molecule has 0 aromatic carbocycles. The van der Waals surface area contributed by atoms with Gasteiger partial charge in [-0.25, -0.2) is 0 Å². The molecule has 0 spiro atoms. The van der Waals surface area contributed by atoms with Gasteiger partial charge in [0.25, 0.3) is 0 Å². The smallest absolute Gasteiger partial charge is 0.0977 e. The first-order chi connectivity index (χ1) is 9.08. The van der Waals surface area contributed by atoms with E-state index in [9.17, 15) is 0 Å². The number of hydrogen-bond donors (Lipinski definition) is 1. The van der Waals surface area contributed by atoms with Gasteiger partial charge < -0.3 is 10.5 Å². The molecule has 0 radical (unpaired) electrons. The highest BCUT2D eigenvalue weighted by Crippen LogP contribution is 2.34. The highest BCUT2D eigenvalue weighted by Gasteiger charge is 2.28. The van der Waals surface area contributed by atoms with E-state index in [4.69, 9.17) is 10.5 Å². The van der Waals surface area contributed by atoms with E-state index in [1.807, 2.05) is 19.1 Å². The lowest BCUT2D eigenvalue weighted by molar-refractivity contribution is -0.0568. The van der Waals surface area contributed by atoms with Crippen molar-refractivity contribution in [2.45, 2.75) is 58.3 Å². The summed E-state index contributed by atoms with van der Waals surface area (Å²) < 4.78 is 6.30. The highest BCUT2D eigenvalue weighted by molar-refractivity contribution is 5.15. The minimum absolute atomic E-state index is 0.00273. The maximum atomic E-state index is 6.30. The molecule has 0 saturated heterocycles. The van der Waals surface area contributed by atoms with Crippen LogP contribution in [0.1, 0.15) is 51.7 Å². The van der Waals surface area contributed by atoms with E-state index in [0.717, 1.165) is 30.2 Å². The largest absolute Gasteiger partial charge is 0.369 e. The molecule has 2 rings (SSSR count). The molecule has 1 aromatic heterocycles. The molecule has 1 aromatic rings. The van der Waals surface area contributed by atoms with Gasteiger partial charge in [0.05, 0.1) is 12.2 Å². The van der Waals surface area contributed by atoms with Crippen LogP contribution in [-0.2, 0) is 4.74 Å². The van der Waals surface area contributed by atoms with Crippen LogP contribution in [0, 0.1) is 11.8 Å². The fraction of sp³-hybridized carbons (Fsp3) is 0.688. The number of ether oxygens (including phenoxy) is 1. The maximum Gasteiger partial charge on any atom is 0.0977 e. The number of hydrogen-bond acceptors (Lipinski definition) is 3. The molecule has 1 saturated carbocycles. The van der Waals surface area contributed by atoms with Gasteiger partial charge in [-0.05, 0) is 55.7 Å². The van der Waals surface area contributed by atoms with Crippen molar-refractivity contribution in [3.63, 3.8) is 0 Å². The summed E-state index contributed by atoms with van der Waals surface area (Å²) in [6.45, 7) is 6.68. The monoisotopic (exact) mass is 262 g/mol. The third-order valence-corrected chi connectivity index (χ3v) is 4.40. The lowest BCUT2D eigenvalue weighted by Gasteiger charge is -2.35. The van der Waals surface area contributed by atoms with Gasteiger partial charge in [-0.3, -0.25) is 4.98 Å². The molecule has 1 aliphatic rings. The standard InChI is InChI=1S/C16H26N2O/c1-11-4-5-15(10-12(11)2)19-16(13(3)17)14-6-8-18-9-7-14/h6-9,11-13,15-16H,4-5,10,17H2,1-3H3. The van der Waals surface area contributed by atoms with Crippen LogP contribution in [0.3, 0.4) is 0 Å². The SMILES string of the molecule is CC(N)C(OC1CCC(C)C(C)C1)c1ccncc1. The quantitative estimate of drug-likeness (QED) is 0.905. The Bertz CT molecular complexity index is 380. The molecule has 106 valence electrons. The summed E-state index contributed by atoms with van der Waals surface area (Å²) in [5.74, 6) is 1.56. The van der Waals surface area contributed by atoms with Crippen molar-refractivity contribution in [2.24, 2.45) is 17.6 Å². The fourth-order valence-electron chi connectivity index (χ4n) is 2.89. The first-order valence-electron chi connectivity index (χ1n) is 7.39. The van der Waals surface area contributed by atoms with Crippen LogP contribution in [0.25, 0.3) is 0 Å². The molecule has 1 aliphatic carbocycles. The lowest BCUT2D eigenvalue weighted by atomic mass is 9.80. The summed E-state index contributed by atoms with van der Waals surface area (Å²) in [6, 6.07) is 4.00. The second-order valence-electron chi connectivity index (χ2n) is 6.09. The molecule has 5 unspecified atom stereocenters. The zero-order valence-electron chi connectivity index (χ0n) is 12.3. The van der Waals surface area contributed by atoms with Crippen molar-refractivity contribution in [1.82, 2.24) is 4.98 Å². The molecule has 0 aliphatic heterocycles. The van der Waals surface area contributed by atoms with E-state index in [2.05, 4.69) is 18.8 Å². The van der Waals surface area contributed by atoms with E-state index in [-0.39, 0.29) is 12.1 Å². The third kappa shape index (κ3) is 3.77. The Morgan fingerprint density at radius 1 is 1.21 bits per heavy atom. The first-order valence-corrected chi connectivity index (χ1v) is 7.39. The zero-order valence-corrected chi connectivity index (χ0v) is 12.3. The van der Waals surface area contributed by atoms with Crippen molar-refractivity contribution >= 4 is 0 Å². The molecule has 0 bridgehead atoms. The molecule has 3 heteroatoms. The Hall–Kier alpha value is -0.930. The Labute approximate surface area is 116 Å². The van der Waals surface area contributed by atoms with Crippen molar-refractivity contribution < 1.29 is 4.74 Å². The van der Waals surface area contributed by atoms with Crippen molar-refractivity contribution in [2.75, 3.05) is 0 Å². The minimum atomic E-state index is -0.0198. The van der Waals surface area contributed by atoms with Gasteiger partial charge in [0.1, 0.15) is 0 Å². The predicted molar refractivity (Wildman–Crippen MR) is 77.7 cm³/mol. The van der Waals surface area contributed by atoms with Crippen LogP contribution in [-0.4, -0.2) is 17.1 Å². The van der Waals surface area contributed by atoms with Gasteiger partial charge in [0.2, 0.25) is 0 Å². The summed E-state index contributed by atoms with van der Waals surface area (Å²) in [6.07, 6.45) is 7.49. The second kappa shape index (κ2) is 6.49. The zero-order chi connectivity index (χ0) is 13.8. The average Bonchev–Trinajstić information content (AvgIpc) is 2.40. The predicted octanol–water partition coefficient (Wildman–Crippen LogP) is 3.31. The molecule has 5 atom stereocenters. The summed E-state index contributed by atoms with van der Waals surface area (Å²) in [4.78, 5) is 4.06. The van der Waals surface area contributed by atoms with Crippen LogP contribution in [0.2, 0.25) is 0 Å². The van der Waals surface area contributed by atoms with Gasteiger partial charge in [0, 0.05) is 18.4 Å². The molecular formula is C16H26N2O. The van der Waals surface area contributed by atoms with Gasteiger partial charge in [0.15, 0.2) is 0 Å². The molecule has 1 fully saturated rings. The van der Waals surface area contributed by atoms with E-state index in [1.165, 1.54) is 6.42 Å². The van der Waals surface area contributed by atoms with E-state index in [1.54, 1.807) is 12.4 Å². The van der Waals surface area contributed by atoms with Crippen LogP contribution in [0.5, 0.6) is 0 Å². The van der Waals surface area contributed by atoms with Crippen LogP contribution < -0.4 is 5.73 Å². The molecule has 2 N–H and O–H groups in total. The molecule has 1 heterocycles. The molecule has 3 nitrogen and oxygen atoms in total. The highest BCUT2D eigenvalue weighted by atomic mass is 16.5. The van der Waals surface area contributed by atoms with E-state index >= 15 is 0 Å². The van der Waals surface area contributed by atoms with Crippen molar-refractivity contribution in [1.29, 1.82) is 0 Å². The third-order valence-electron chi connectivity index (χ3n) is 4.40. The molecule has 19 heavy (non-hydrogen) atoms. The maximum absolute atomic E-state index is 6.30. The van der Waals surface area contributed by atoms with Crippen LogP contribution in [0.4, 0.5) is 0 Å². The fourth-order valence-corrected chi connectivity index (χ4v) is 2.89. The van der Waals surface area contributed by atoms with E-state index < -0.39 is 0 Å². The number of rotatable bonds is 4. The average molecular weight is 262 g/mol. The Kier molecular flexibility index (Phi) is 4.94. The number of aromatic nitrogens is 1. The van der Waals surface area contributed by atoms with Gasteiger partial charge in [-0.2, -0.15) is 0 Å². The summed E-state index contributed by atoms with van der Waals surface area (Å²) in [7, 11) is 0. The summed E-state index contributed by atoms with van der Waals surface area (Å²) >= 11 is 0. The van der Waals surface area contributed by atoms with Gasteiger partial charge in [-0.15, -0.1) is 0 Å². The summed E-state index contributed by atoms with van der Waals surface area (Å²) in [5.41, 5.74) is 7.24. The second-order valence-corrected chi connectivity index (χ2v) is 6.09. The first kappa shape index (κ1) is 14.5. The Balaban J connectivity index is 2.02. The van der Waals surface area contributed by atoms with Gasteiger partial charge in [-0.1, -0.05) is 13.8 Å². The molecular weight excluding hydrogens is 236 g/mol. The van der Waals surface area contributed by atoms with Crippen molar-refractivity contribution in [3.8, 4) is 0 Å². The number of nitrogens with two attached hydrogens (primary N) is 1. The Morgan fingerprint density at radius 2 is 1.89 bits per heavy atom. The minimum Gasteiger partial charge on any atom is -0.369 e. The number of pyridine rings is 1. The normalized spacial score (nSPS) is 30.8.